The first-order valence-corrected chi connectivity index (χ1v) is 7.69. The predicted molar refractivity (Wildman–Crippen MR) is 84.0 cm³/mol. The summed E-state index contributed by atoms with van der Waals surface area (Å²) in [5, 5.41) is 12.7. The van der Waals surface area contributed by atoms with E-state index in [0.717, 1.165) is 36.8 Å². The van der Waals surface area contributed by atoms with Crippen molar-refractivity contribution in [3.63, 3.8) is 0 Å². The number of nitrogens with one attached hydrogen (secondary N) is 1. The number of aliphatic hydroxyl groups is 1. The van der Waals surface area contributed by atoms with Gasteiger partial charge in [0.2, 0.25) is 5.91 Å². The van der Waals surface area contributed by atoms with Crippen molar-refractivity contribution >= 4 is 5.91 Å². The lowest BCUT2D eigenvalue weighted by atomic mass is 9.92. The number of hydrogen-bond donors (Lipinski definition) is 2. The van der Waals surface area contributed by atoms with Gasteiger partial charge in [-0.15, -0.1) is 0 Å². The molecule has 2 rings (SSSR count). The van der Waals surface area contributed by atoms with Gasteiger partial charge in [-0.1, -0.05) is 29.8 Å². The molecule has 0 spiro atoms. The van der Waals surface area contributed by atoms with Crippen LogP contribution < -0.4 is 5.32 Å². The zero-order valence-corrected chi connectivity index (χ0v) is 13.2. The first-order chi connectivity index (χ1) is 9.97. The number of aryl methyl sites for hydroxylation is 1. The van der Waals surface area contributed by atoms with Crippen molar-refractivity contribution in [1.82, 2.24) is 10.2 Å². The van der Waals surface area contributed by atoms with Crippen LogP contribution >= 0.6 is 0 Å². The van der Waals surface area contributed by atoms with Crippen LogP contribution in [0.5, 0.6) is 0 Å². The van der Waals surface area contributed by atoms with Crippen LogP contribution in [-0.4, -0.2) is 42.2 Å². The molecule has 0 heterocycles. The van der Waals surface area contributed by atoms with Gasteiger partial charge < -0.3 is 10.4 Å². The molecule has 1 atom stereocenters. The fraction of sp³-hybridized carbons (Fsp3) is 0.588. The Morgan fingerprint density at radius 3 is 2.52 bits per heavy atom. The zero-order chi connectivity index (χ0) is 15.4. The summed E-state index contributed by atoms with van der Waals surface area (Å²) in [5.41, 5.74) is 2.18. The van der Waals surface area contributed by atoms with E-state index in [4.69, 9.17) is 0 Å². The molecule has 116 valence electrons. The maximum atomic E-state index is 12.6. The van der Waals surface area contributed by atoms with Gasteiger partial charge in [0.25, 0.3) is 0 Å². The summed E-state index contributed by atoms with van der Waals surface area (Å²) >= 11 is 0. The first kappa shape index (κ1) is 16.0. The average Bonchev–Trinajstić information content (AvgIpc) is 2.41. The van der Waals surface area contributed by atoms with E-state index in [1.54, 1.807) is 0 Å². The minimum Gasteiger partial charge on any atom is -0.393 e. The highest BCUT2D eigenvalue weighted by atomic mass is 16.3. The lowest BCUT2D eigenvalue weighted by Crippen LogP contribution is -2.44. The molecular weight excluding hydrogens is 264 g/mol. The Hall–Kier alpha value is -1.39. The van der Waals surface area contributed by atoms with E-state index < -0.39 is 0 Å². The van der Waals surface area contributed by atoms with Crippen LogP contribution in [0.15, 0.2) is 24.3 Å². The van der Waals surface area contributed by atoms with E-state index in [-0.39, 0.29) is 24.1 Å². The number of carbonyl (C=O) groups is 1. The molecule has 0 bridgehead atoms. The second-order valence-electron chi connectivity index (χ2n) is 6.29. The largest absolute Gasteiger partial charge is 0.393 e. The summed E-state index contributed by atoms with van der Waals surface area (Å²) in [4.78, 5) is 14.6. The van der Waals surface area contributed by atoms with Crippen LogP contribution in [0.1, 0.15) is 42.9 Å². The molecule has 1 aromatic carbocycles. The molecule has 0 unspecified atom stereocenters. The van der Waals surface area contributed by atoms with E-state index in [2.05, 4.69) is 11.4 Å². The lowest BCUT2D eigenvalue weighted by Gasteiger charge is -2.30. The molecule has 1 fully saturated rings. The molecule has 1 saturated carbocycles. The SMILES string of the molecule is Cc1cccc([C@@H](C(=O)NC2CCC(O)CC2)N(C)C)c1. The maximum Gasteiger partial charge on any atom is 0.242 e. The third kappa shape index (κ3) is 4.29. The third-order valence-corrected chi connectivity index (χ3v) is 4.17. The van der Waals surface area contributed by atoms with Gasteiger partial charge in [0.05, 0.1) is 6.10 Å². The van der Waals surface area contributed by atoms with Gasteiger partial charge in [0, 0.05) is 6.04 Å². The second kappa shape index (κ2) is 7.05. The number of rotatable bonds is 4. The standard InChI is InChI=1S/C17H26N2O2/c1-12-5-4-6-13(11-12)16(19(2)3)17(21)18-14-7-9-15(20)10-8-14/h4-6,11,14-16,20H,7-10H2,1-3H3,(H,18,21)/t14?,15?,16-/m0/s1. The first-order valence-electron chi connectivity index (χ1n) is 7.69. The minimum absolute atomic E-state index is 0.0481. The molecule has 4 heteroatoms. The number of benzene rings is 1. The van der Waals surface area contributed by atoms with Gasteiger partial charge in [0.15, 0.2) is 0 Å². The summed E-state index contributed by atoms with van der Waals surface area (Å²) in [7, 11) is 3.86. The normalized spacial score (nSPS) is 23.9. The van der Waals surface area contributed by atoms with Gasteiger partial charge in [-0.25, -0.2) is 0 Å². The Morgan fingerprint density at radius 2 is 1.95 bits per heavy atom. The van der Waals surface area contributed by atoms with Crippen molar-refractivity contribution in [3.05, 3.63) is 35.4 Å². The van der Waals surface area contributed by atoms with Gasteiger partial charge in [-0.3, -0.25) is 9.69 Å². The summed E-state index contributed by atoms with van der Waals surface area (Å²) in [6.07, 6.45) is 3.09. The fourth-order valence-electron chi connectivity index (χ4n) is 3.02. The molecule has 1 amide bonds. The average molecular weight is 290 g/mol. The van der Waals surface area contributed by atoms with Crippen LogP contribution in [0.25, 0.3) is 0 Å². The molecule has 4 nitrogen and oxygen atoms in total. The van der Waals surface area contributed by atoms with Crippen molar-refractivity contribution in [2.75, 3.05) is 14.1 Å². The molecule has 0 aromatic heterocycles. The van der Waals surface area contributed by atoms with Crippen LogP contribution in [0.3, 0.4) is 0 Å². The van der Waals surface area contributed by atoms with Crippen molar-refractivity contribution in [2.45, 2.75) is 50.8 Å². The molecule has 0 saturated heterocycles. The molecule has 1 aliphatic rings. The van der Waals surface area contributed by atoms with Gasteiger partial charge >= 0.3 is 0 Å². The highest BCUT2D eigenvalue weighted by Crippen LogP contribution is 2.22. The molecule has 2 N–H and O–H groups in total. The molecular formula is C17H26N2O2. The predicted octanol–water partition coefficient (Wildman–Crippen LogP) is 2.02. The second-order valence-corrected chi connectivity index (χ2v) is 6.29. The molecule has 1 aliphatic carbocycles. The summed E-state index contributed by atoms with van der Waals surface area (Å²) < 4.78 is 0. The Balaban J connectivity index is 2.06. The van der Waals surface area contributed by atoms with Crippen molar-refractivity contribution in [2.24, 2.45) is 0 Å². The Labute approximate surface area is 127 Å². The van der Waals surface area contributed by atoms with Crippen molar-refractivity contribution < 1.29 is 9.90 Å². The van der Waals surface area contributed by atoms with Crippen LogP contribution in [0.4, 0.5) is 0 Å². The Bertz CT molecular complexity index is 479. The maximum absolute atomic E-state index is 12.6. The number of amides is 1. The summed E-state index contributed by atoms with van der Waals surface area (Å²) in [6, 6.07) is 8.02. The summed E-state index contributed by atoms with van der Waals surface area (Å²) in [5.74, 6) is 0.0481. The van der Waals surface area contributed by atoms with Crippen molar-refractivity contribution in [3.8, 4) is 0 Å². The van der Waals surface area contributed by atoms with Crippen molar-refractivity contribution in [1.29, 1.82) is 0 Å². The van der Waals surface area contributed by atoms with E-state index >= 15 is 0 Å². The van der Waals surface area contributed by atoms with E-state index in [0.29, 0.717) is 0 Å². The number of carbonyl (C=O) groups excluding carboxylic acids is 1. The van der Waals surface area contributed by atoms with Crippen LogP contribution in [-0.2, 0) is 4.79 Å². The zero-order valence-electron chi connectivity index (χ0n) is 13.2. The molecule has 1 aromatic rings. The minimum atomic E-state index is -0.267. The quantitative estimate of drug-likeness (QED) is 0.892. The van der Waals surface area contributed by atoms with Gasteiger partial charge in [-0.2, -0.15) is 0 Å². The Kier molecular flexibility index (Phi) is 5.37. The molecule has 0 radical (unpaired) electrons. The van der Waals surface area contributed by atoms with Crippen LogP contribution in [0, 0.1) is 6.92 Å². The number of hydrogen-bond acceptors (Lipinski definition) is 3. The number of aliphatic hydroxyl groups excluding tert-OH is 1. The lowest BCUT2D eigenvalue weighted by molar-refractivity contribution is -0.126. The number of likely N-dealkylation sites (N-methyl/N-ethyl adjacent to an activating group) is 1. The summed E-state index contributed by atoms with van der Waals surface area (Å²) in [6.45, 7) is 2.04. The molecule has 21 heavy (non-hydrogen) atoms. The van der Waals surface area contributed by atoms with Gasteiger partial charge in [0.1, 0.15) is 6.04 Å². The highest BCUT2D eigenvalue weighted by molar-refractivity contribution is 5.83. The number of nitrogens with zero attached hydrogens (tertiary/aromatic N) is 1. The van der Waals surface area contributed by atoms with E-state index in [1.165, 1.54) is 0 Å². The highest BCUT2D eigenvalue weighted by Gasteiger charge is 2.27. The topological polar surface area (TPSA) is 52.6 Å². The van der Waals surface area contributed by atoms with Crippen LogP contribution in [0.2, 0.25) is 0 Å². The van der Waals surface area contributed by atoms with E-state index in [1.807, 2.05) is 44.1 Å². The third-order valence-electron chi connectivity index (χ3n) is 4.17. The Morgan fingerprint density at radius 1 is 1.29 bits per heavy atom. The molecule has 0 aliphatic heterocycles. The fourth-order valence-corrected chi connectivity index (χ4v) is 3.02. The van der Waals surface area contributed by atoms with Gasteiger partial charge in [-0.05, 0) is 52.3 Å². The smallest absolute Gasteiger partial charge is 0.242 e. The van der Waals surface area contributed by atoms with E-state index in [9.17, 15) is 9.90 Å². The monoisotopic (exact) mass is 290 g/mol.